The maximum Gasteiger partial charge on any atom is 0.235 e. The van der Waals surface area contributed by atoms with E-state index in [0.717, 1.165) is 30.8 Å². The van der Waals surface area contributed by atoms with Gasteiger partial charge in [-0.25, -0.2) is 0 Å². The van der Waals surface area contributed by atoms with E-state index in [1.54, 1.807) is 6.07 Å². The van der Waals surface area contributed by atoms with E-state index in [0.29, 0.717) is 48.1 Å². The number of benzene rings is 1. The molecule has 0 saturated heterocycles. The first-order chi connectivity index (χ1) is 11.3. The van der Waals surface area contributed by atoms with Crippen molar-refractivity contribution in [1.29, 1.82) is 0 Å². The molecule has 7 heteroatoms. The summed E-state index contributed by atoms with van der Waals surface area (Å²) in [6, 6.07) is 3.63. The molecule has 1 aromatic heterocycles. The molecule has 1 aromatic carbocycles. The number of halogens is 1. The molecule has 23 heavy (non-hydrogen) atoms. The largest absolute Gasteiger partial charge is 0.490 e. The fourth-order valence-electron chi connectivity index (χ4n) is 2.65. The van der Waals surface area contributed by atoms with E-state index in [1.807, 2.05) is 6.07 Å². The molecule has 1 aliphatic heterocycles. The van der Waals surface area contributed by atoms with Gasteiger partial charge in [0.2, 0.25) is 11.8 Å². The lowest BCUT2D eigenvalue weighted by molar-refractivity contribution is 0.297. The second kappa shape index (κ2) is 6.28. The number of hydrogen-bond donors (Lipinski definition) is 1. The summed E-state index contributed by atoms with van der Waals surface area (Å²) in [5.74, 6) is 3.14. The summed E-state index contributed by atoms with van der Waals surface area (Å²) < 4.78 is 17.0. The molecule has 6 nitrogen and oxygen atoms in total. The normalized spacial score (nSPS) is 17.4. The van der Waals surface area contributed by atoms with Crippen molar-refractivity contribution < 1.29 is 13.9 Å². The summed E-state index contributed by atoms with van der Waals surface area (Å²) in [7, 11) is 0. The number of nitrogens with zero attached hydrogens (tertiary/aromatic N) is 2. The summed E-state index contributed by atoms with van der Waals surface area (Å²) in [5.41, 5.74) is 0.763. The van der Waals surface area contributed by atoms with Gasteiger partial charge in [-0.2, -0.15) is 0 Å². The van der Waals surface area contributed by atoms with Crippen molar-refractivity contribution in [2.24, 2.45) is 0 Å². The Kier molecular flexibility index (Phi) is 3.99. The van der Waals surface area contributed by atoms with Gasteiger partial charge in [0.25, 0.3) is 0 Å². The van der Waals surface area contributed by atoms with E-state index in [9.17, 15) is 0 Å². The lowest BCUT2D eigenvalue weighted by Gasteiger charge is -2.20. The second-order valence-electron chi connectivity index (χ2n) is 5.84. The highest BCUT2D eigenvalue weighted by Gasteiger charge is 2.25. The Labute approximate surface area is 139 Å². The van der Waals surface area contributed by atoms with Gasteiger partial charge in [0, 0.05) is 24.5 Å². The first-order valence-electron chi connectivity index (χ1n) is 7.95. The molecule has 1 saturated carbocycles. The molecule has 0 radical (unpaired) electrons. The predicted octanol–water partition coefficient (Wildman–Crippen LogP) is 3.76. The topological polar surface area (TPSA) is 69.4 Å². The quantitative estimate of drug-likeness (QED) is 0.917. The van der Waals surface area contributed by atoms with Crippen LogP contribution in [0.3, 0.4) is 0 Å². The summed E-state index contributed by atoms with van der Waals surface area (Å²) in [6.07, 6.45) is 4.39. The van der Waals surface area contributed by atoms with Crippen molar-refractivity contribution in [2.45, 2.75) is 38.1 Å². The zero-order chi connectivity index (χ0) is 15.6. The highest BCUT2D eigenvalue weighted by molar-refractivity contribution is 6.33. The van der Waals surface area contributed by atoms with Crippen LogP contribution in [-0.4, -0.2) is 23.4 Å². The number of fused-ring (bicyclic) bond motifs is 1. The van der Waals surface area contributed by atoms with E-state index in [2.05, 4.69) is 15.5 Å². The lowest BCUT2D eigenvalue weighted by Crippen LogP contribution is -2.08. The van der Waals surface area contributed by atoms with Crippen LogP contribution >= 0.6 is 11.6 Å². The Morgan fingerprint density at radius 2 is 1.87 bits per heavy atom. The van der Waals surface area contributed by atoms with Gasteiger partial charge in [-0.05, 0) is 12.8 Å². The molecule has 0 spiro atoms. The molecule has 4 rings (SSSR count). The number of anilines is 1. The highest BCUT2D eigenvalue weighted by atomic mass is 35.5. The Bertz CT molecular complexity index is 700. The molecule has 122 valence electrons. The maximum absolute atomic E-state index is 6.30. The summed E-state index contributed by atoms with van der Waals surface area (Å²) >= 11 is 6.30. The van der Waals surface area contributed by atoms with Crippen LogP contribution in [0.1, 0.15) is 43.4 Å². The van der Waals surface area contributed by atoms with E-state index in [1.165, 1.54) is 6.42 Å². The zero-order valence-corrected chi connectivity index (χ0v) is 13.4. The molecule has 1 fully saturated rings. The lowest BCUT2D eigenvalue weighted by atomic mass is 9.85. The van der Waals surface area contributed by atoms with Crippen LogP contribution in [0, 0.1) is 0 Å². The molecule has 0 bridgehead atoms. The standard InChI is InChI=1S/C16H18ClN3O3/c17-11-7-13-14(22-6-2-5-21-13)8-12(11)18-9-15-19-20-16(23-15)10-3-1-4-10/h7-8,10,18H,1-6,9H2. The van der Waals surface area contributed by atoms with Crippen LogP contribution in [0.4, 0.5) is 5.69 Å². The van der Waals surface area contributed by atoms with Crippen LogP contribution in [0.25, 0.3) is 0 Å². The van der Waals surface area contributed by atoms with Gasteiger partial charge in [0.15, 0.2) is 11.5 Å². The third-order valence-corrected chi connectivity index (χ3v) is 4.52. The van der Waals surface area contributed by atoms with E-state index >= 15 is 0 Å². The average Bonchev–Trinajstić information content (AvgIpc) is 2.82. The van der Waals surface area contributed by atoms with Crippen LogP contribution in [-0.2, 0) is 6.54 Å². The zero-order valence-electron chi connectivity index (χ0n) is 12.7. The maximum atomic E-state index is 6.30. The van der Waals surface area contributed by atoms with Crippen molar-refractivity contribution >= 4 is 17.3 Å². The van der Waals surface area contributed by atoms with Gasteiger partial charge in [0.05, 0.1) is 30.5 Å². The van der Waals surface area contributed by atoms with Gasteiger partial charge in [0.1, 0.15) is 0 Å². The fraction of sp³-hybridized carbons (Fsp3) is 0.500. The molecule has 0 amide bonds. The molecule has 2 aromatic rings. The number of rotatable bonds is 4. The van der Waals surface area contributed by atoms with Gasteiger partial charge in [-0.15, -0.1) is 10.2 Å². The van der Waals surface area contributed by atoms with Gasteiger partial charge in [-0.1, -0.05) is 18.0 Å². The summed E-state index contributed by atoms with van der Waals surface area (Å²) in [5, 5.41) is 12.0. The number of nitrogens with one attached hydrogen (secondary N) is 1. The van der Waals surface area contributed by atoms with E-state index in [4.69, 9.17) is 25.5 Å². The van der Waals surface area contributed by atoms with Crippen LogP contribution in [0.15, 0.2) is 16.5 Å². The summed E-state index contributed by atoms with van der Waals surface area (Å²) in [6.45, 7) is 1.71. The number of ether oxygens (including phenoxy) is 2. The minimum atomic E-state index is 0.430. The Balaban J connectivity index is 1.46. The Morgan fingerprint density at radius 3 is 2.61 bits per heavy atom. The molecule has 1 aliphatic carbocycles. The predicted molar refractivity (Wildman–Crippen MR) is 85.3 cm³/mol. The Morgan fingerprint density at radius 1 is 1.09 bits per heavy atom. The number of hydrogen-bond acceptors (Lipinski definition) is 6. The molecular weight excluding hydrogens is 318 g/mol. The van der Waals surface area contributed by atoms with Gasteiger partial charge < -0.3 is 19.2 Å². The molecular formula is C16H18ClN3O3. The molecule has 0 atom stereocenters. The summed E-state index contributed by atoms with van der Waals surface area (Å²) in [4.78, 5) is 0. The fourth-order valence-corrected chi connectivity index (χ4v) is 2.87. The van der Waals surface area contributed by atoms with Crippen molar-refractivity contribution in [2.75, 3.05) is 18.5 Å². The third kappa shape index (κ3) is 3.08. The van der Waals surface area contributed by atoms with Crippen molar-refractivity contribution in [3.63, 3.8) is 0 Å². The van der Waals surface area contributed by atoms with Crippen LogP contribution in [0.5, 0.6) is 11.5 Å². The van der Waals surface area contributed by atoms with Crippen molar-refractivity contribution in [3.8, 4) is 11.5 Å². The monoisotopic (exact) mass is 335 g/mol. The second-order valence-corrected chi connectivity index (χ2v) is 6.25. The Hall–Kier alpha value is -1.95. The molecule has 2 heterocycles. The van der Waals surface area contributed by atoms with Gasteiger partial charge in [-0.3, -0.25) is 0 Å². The van der Waals surface area contributed by atoms with Crippen LogP contribution in [0.2, 0.25) is 5.02 Å². The smallest absolute Gasteiger partial charge is 0.235 e. The minimum Gasteiger partial charge on any atom is -0.490 e. The SMILES string of the molecule is Clc1cc2c(cc1NCc1nnc(C3CCC3)o1)OCCCO2. The molecule has 0 unspecified atom stereocenters. The van der Waals surface area contributed by atoms with Crippen LogP contribution < -0.4 is 14.8 Å². The highest BCUT2D eigenvalue weighted by Crippen LogP contribution is 2.38. The first-order valence-corrected chi connectivity index (χ1v) is 8.32. The van der Waals surface area contributed by atoms with Crippen molar-refractivity contribution in [1.82, 2.24) is 10.2 Å². The third-order valence-electron chi connectivity index (χ3n) is 4.20. The molecule has 1 N–H and O–H groups in total. The average molecular weight is 336 g/mol. The molecule has 2 aliphatic rings. The first kappa shape index (κ1) is 14.6. The van der Waals surface area contributed by atoms with Gasteiger partial charge >= 0.3 is 0 Å². The minimum absolute atomic E-state index is 0.430. The van der Waals surface area contributed by atoms with E-state index < -0.39 is 0 Å². The van der Waals surface area contributed by atoms with Crippen molar-refractivity contribution in [3.05, 3.63) is 28.9 Å². The van der Waals surface area contributed by atoms with E-state index in [-0.39, 0.29) is 0 Å². The number of aromatic nitrogens is 2.